The molecule has 3 heteroatoms. The van der Waals surface area contributed by atoms with Gasteiger partial charge in [-0.05, 0) is 50.5 Å². The maximum absolute atomic E-state index is 12.1. The second kappa shape index (κ2) is 5.46. The first-order valence-corrected chi connectivity index (χ1v) is 6.56. The number of hydrogen-bond donors (Lipinski definition) is 2. The third-order valence-electron chi connectivity index (χ3n) is 3.22. The first kappa shape index (κ1) is 13.6. The number of hydrogen-bond acceptors (Lipinski definition) is 2. The molecule has 19 heavy (non-hydrogen) atoms. The minimum Gasteiger partial charge on any atom is -0.395 e. The number of nitrogens with one attached hydrogen (secondary N) is 1. The fraction of sp³-hybridized carbons (Fsp3) is 0.438. The minimum absolute atomic E-state index is 0.0104. The number of benzene rings is 1. The van der Waals surface area contributed by atoms with Gasteiger partial charge in [0.2, 0.25) is 0 Å². The molecule has 0 saturated heterocycles. The summed E-state index contributed by atoms with van der Waals surface area (Å²) < 4.78 is 0. The van der Waals surface area contributed by atoms with Gasteiger partial charge in [-0.1, -0.05) is 11.8 Å². The molecule has 0 bridgehead atoms. The lowest BCUT2D eigenvalue weighted by molar-refractivity contribution is 0.0935. The molecular weight excluding hydrogens is 238 g/mol. The van der Waals surface area contributed by atoms with Crippen LogP contribution < -0.4 is 5.32 Å². The molecule has 1 saturated carbocycles. The molecule has 1 aliphatic rings. The van der Waals surface area contributed by atoms with Crippen molar-refractivity contribution in [1.82, 2.24) is 5.32 Å². The van der Waals surface area contributed by atoms with Crippen molar-refractivity contribution >= 4 is 5.91 Å². The third kappa shape index (κ3) is 3.84. The molecule has 1 aliphatic carbocycles. The van der Waals surface area contributed by atoms with Crippen molar-refractivity contribution in [2.75, 3.05) is 6.61 Å². The largest absolute Gasteiger partial charge is 0.395 e. The van der Waals surface area contributed by atoms with Crippen molar-refractivity contribution in [3.8, 4) is 11.8 Å². The first-order chi connectivity index (χ1) is 9.02. The molecule has 0 atom stereocenters. The van der Waals surface area contributed by atoms with Crippen LogP contribution in [0.2, 0.25) is 0 Å². The van der Waals surface area contributed by atoms with Crippen LogP contribution in [0.3, 0.4) is 0 Å². The molecule has 0 spiro atoms. The highest BCUT2D eigenvalue weighted by atomic mass is 16.2. The van der Waals surface area contributed by atoms with Gasteiger partial charge in [-0.25, -0.2) is 0 Å². The van der Waals surface area contributed by atoms with Crippen LogP contribution in [0.1, 0.15) is 47.7 Å². The Kier molecular flexibility index (Phi) is 3.92. The Morgan fingerprint density at radius 1 is 1.42 bits per heavy atom. The zero-order chi connectivity index (χ0) is 13.9. The van der Waals surface area contributed by atoms with Crippen molar-refractivity contribution < 1.29 is 9.90 Å². The summed E-state index contributed by atoms with van der Waals surface area (Å²) in [5, 5.41) is 11.8. The van der Waals surface area contributed by atoms with E-state index in [1.807, 2.05) is 19.1 Å². The third-order valence-corrected chi connectivity index (χ3v) is 3.22. The molecule has 1 aromatic rings. The molecule has 100 valence electrons. The summed E-state index contributed by atoms with van der Waals surface area (Å²) in [5.74, 6) is 5.81. The summed E-state index contributed by atoms with van der Waals surface area (Å²) in [6.07, 6.45) is 2.55. The lowest BCUT2D eigenvalue weighted by Crippen LogP contribution is -2.34. The average Bonchev–Trinajstić information content (AvgIpc) is 3.06. The fourth-order valence-electron chi connectivity index (χ4n) is 1.87. The van der Waals surface area contributed by atoms with Gasteiger partial charge in [0.05, 0.1) is 6.61 Å². The van der Waals surface area contributed by atoms with E-state index in [0.29, 0.717) is 12.0 Å². The van der Waals surface area contributed by atoms with Crippen molar-refractivity contribution in [3.63, 3.8) is 0 Å². The predicted octanol–water partition coefficient (Wildman–Crippen LogP) is 2.01. The van der Waals surface area contributed by atoms with E-state index in [1.54, 1.807) is 6.07 Å². The number of aryl methyl sites for hydroxylation is 1. The van der Waals surface area contributed by atoms with E-state index >= 15 is 0 Å². The van der Waals surface area contributed by atoms with Crippen LogP contribution in [0.25, 0.3) is 0 Å². The van der Waals surface area contributed by atoms with Gasteiger partial charge >= 0.3 is 0 Å². The Labute approximate surface area is 114 Å². The number of aliphatic hydroxyl groups is 1. The van der Waals surface area contributed by atoms with Crippen molar-refractivity contribution in [1.29, 1.82) is 0 Å². The highest BCUT2D eigenvalue weighted by molar-refractivity contribution is 5.95. The smallest absolute Gasteiger partial charge is 0.251 e. The zero-order valence-electron chi connectivity index (χ0n) is 11.4. The second-order valence-electron chi connectivity index (χ2n) is 5.38. The van der Waals surface area contributed by atoms with Gasteiger partial charge in [-0.2, -0.15) is 0 Å². The van der Waals surface area contributed by atoms with Gasteiger partial charge in [-0.15, -0.1) is 0 Å². The van der Waals surface area contributed by atoms with Gasteiger partial charge in [0.25, 0.3) is 5.91 Å². The number of amides is 1. The Morgan fingerprint density at radius 2 is 2.16 bits per heavy atom. The van der Waals surface area contributed by atoms with Crippen molar-refractivity contribution in [2.24, 2.45) is 0 Å². The molecule has 1 amide bonds. The molecule has 1 aromatic carbocycles. The van der Waals surface area contributed by atoms with Crippen LogP contribution >= 0.6 is 0 Å². The number of rotatable bonds is 3. The van der Waals surface area contributed by atoms with Gasteiger partial charge in [0.15, 0.2) is 0 Å². The fourth-order valence-corrected chi connectivity index (χ4v) is 1.87. The number of carbonyl (C=O) groups excluding carboxylic acids is 1. The van der Waals surface area contributed by atoms with Crippen LogP contribution in [-0.2, 0) is 0 Å². The maximum Gasteiger partial charge on any atom is 0.251 e. The monoisotopic (exact) mass is 257 g/mol. The maximum atomic E-state index is 12.1. The average molecular weight is 257 g/mol. The Morgan fingerprint density at radius 3 is 2.79 bits per heavy atom. The normalized spacial score (nSPS) is 15.3. The summed E-state index contributed by atoms with van der Waals surface area (Å²) in [4.78, 5) is 12.1. The van der Waals surface area contributed by atoms with Gasteiger partial charge in [0.1, 0.15) is 0 Å². The molecule has 0 unspecified atom stereocenters. The second-order valence-corrected chi connectivity index (χ2v) is 5.38. The van der Waals surface area contributed by atoms with E-state index in [1.165, 1.54) is 0 Å². The van der Waals surface area contributed by atoms with Crippen LogP contribution in [0.4, 0.5) is 0 Å². The Bertz CT molecular complexity index is 548. The van der Waals surface area contributed by atoms with Gasteiger partial charge < -0.3 is 10.4 Å². The molecule has 1 fully saturated rings. The summed E-state index contributed by atoms with van der Waals surface area (Å²) in [6, 6.07) is 5.62. The van der Waals surface area contributed by atoms with Crippen molar-refractivity contribution in [2.45, 2.75) is 38.6 Å². The summed E-state index contributed by atoms with van der Waals surface area (Å²) in [5.41, 5.74) is 2.48. The van der Waals surface area contributed by atoms with E-state index in [0.717, 1.165) is 24.0 Å². The summed E-state index contributed by atoms with van der Waals surface area (Å²) in [6.45, 7) is 4.07. The van der Waals surface area contributed by atoms with E-state index in [2.05, 4.69) is 24.1 Å². The van der Waals surface area contributed by atoms with Crippen LogP contribution in [-0.4, -0.2) is 23.2 Å². The summed E-state index contributed by atoms with van der Waals surface area (Å²) >= 11 is 0. The Balaban J connectivity index is 2.16. The Hall–Kier alpha value is -1.79. The predicted molar refractivity (Wildman–Crippen MR) is 74.9 cm³/mol. The van der Waals surface area contributed by atoms with Crippen LogP contribution in [0.5, 0.6) is 0 Å². The van der Waals surface area contributed by atoms with Gasteiger partial charge in [0, 0.05) is 23.1 Å². The molecule has 0 aliphatic heterocycles. The summed E-state index contributed by atoms with van der Waals surface area (Å²) in [7, 11) is 0. The SMILES string of the molecule is Cc1cc(C#CCCO)cc(C(=O)NC2(C)CC2)c1. The van der Waals surface area contributed by atoms with E-state index in [4.69, 9.17) is 5.11 Å². The first-order valence-electron chi connectivity index (χ1n) is 6.56. The zero-order valence-corrected chi connectivity index (χ0v) is 11.4. The van der Waals surface area contributed by atoms with E-state index < -0.39 is 0 Å². The van der Waals surface area contributed by atoms with Gasteiger partial charge in [-0.3, -0.25) is 4.79 Å². The molecule has 2 N–H and O–H groups in total. The van der Waals surface area contributed by atoms with Crippen LogP contribution in [0.15, 0.2) is 18.2 Å². The quantitative estimate of drug-likeness (QED) is 0.814. The molecular formula is C16H19NO2. The van der Waals surface area contributed by atoms with E-state index in [-0.39, 0.29) is 18.1 Å². The molecule has 0 heterocycles. The molecule has 0 radical (unpaired) electrons. The van der Waals surface area contributed by atoms with Crippen LogP contribution in [0, 0.1) is 18.8 Å². The lowest BCUT2D eigenvalue weighted by Gasteiger charge is -2.12. The highest BCUT2D eigenvalue weighted by Crippen LogP contribution is 2.34. The van der Waals surface area contributed by atoms with E-state index in [9.17, 15) is 4.79 Å². The standard InChI is InChI=1S/C16H19NO2/c1-12-9-13(5-3-4-8-18)11-14(10-12)15(19)17-16(2)6-7-16/h9-11,18H,4,6-8H2,1-2H3,(H,17,19). The lowest BCUT2D eigenvalue weighted by atomic mass is 10.1. The van der Waals surface area contributed by atoms with Crippen molar-refractivity contribution in [3.05, 3.63) is 34.9 Å². The highest BCUT2D eigenvalue weighted by Gasteiger charge is 2.38. The minimum atomic E-state index is -0.0334. The molecule has 2 rings (SSSR count). The number of carbonyl (C=O) groups is 1. The number of aliphatic hydroxyl groups excluding tert-OH is 1. The molecule has 0 aromatic heterocycles. The topological polar surface area (TPSA) is 49.3 Å². The molecule has 3 nitrogen and oxygen atoms in total.